The van der Waals surface area contributed by atoms with Gasteiger partial charge in [0.2, 0.25) is 5.91 Å². The largest absolute Gasteiger partial charge is 0.486 e. The van der Waals surface area contributed by atoms with E-state index in [0.717, 1.165) is 0 Å². The third-order valence-electron chi connectivity index (χ3n) is 4.79. The maximum Gasteiger partial charge on any atom is 0.225 e. The lowest BCUT2D eigenvalue weighted by atomic mass is 10.1. The minimum Gasteiger partial charge on any atom is -0.486 e. The van der Waals surface area contributed by atoms with Gasteiger partial charge < -0.3 is 31.3 Å². The molecule has 0 fully saturated rings. The SMILES string of the molecule is C=C(/C=C(\C=C/N)Nc1cc(-c2cc(Cl)ccc2F)nc2c1OCCN2)NC(=O)CCN(C)C. The number of hydrogen-bond donors (Lipinski definition) is 4. The molecule has 2 heterocycles. The quantitative estimate of drug-likeness (QED) is 0.401. The van der Waals surface area contributed by atoms with E-state index in [1.807, 2.05) is 19.0 Å². The van der Waals surface area contributed by atoms with E-state index in [-0.39, 0.29) is 11.5 Å². The smallest absolute Gasteiger partial charge is 0.225 e. The number of fused-ring (bicyclic) bond motifs is 1. The standard InChI is InChI=1S/C24H28ClFN6O2/c1-15(29-22(33)7-10-32(2)3)12-17(6-8-27)30-21-14-20(18-13-16(25)4-5-19(18)26)31-24-23(21)34-11-9-28-24/h4-6,8,12-14H,1,7,9-11,27H2,2-3H3,(H,29,33)(H2,28,30,31)/b8-6-,17-12+. The first-order chi connectivity index (χ1) is 16.3. The second-order valence-electron chi connectivity index (χ2n) is 7.84. The van der Waals surface area contributed by atoms with Gasteiger partial charge in [-0.05, 0) is 56.7 Å². The van der Waals surface area contributed by atoms with E-state index in [0.29, 0.717) is 65.5 Å². The van der Waals surface area contributed by atoms with Crippen molar-refractivity contribution in [2.45, 2.75) is 6.42 Å². The van der Waals surface area contributed by atoms with Crippen LogP contribution in [0.1, 0.15) is 6.42 Å². The Morgan fingerprint density at radius 1 is 1.41 bits per heavy atom. The summed E-state index contributed by atoms with van der Waals surface area (Å²) in [6.45, 7) is 5.52. The van der Waals surface area contributed by atoms with Crippen molar-refractivity contribution in [3.63, 3.8) is 0 Å². The molecule has 0 bridgehead atoms. The second kappa shape index (κ2) is 11.5. The number of nitrogens with zero attached hydrogens (tertiary/aromatic N) is 2. The molecule has 1 amide bonds. The van der Waals surface area contributed by atoms with E-state index in [4.69, 9.17) is 22.1 Å². The van der Waals surface area contributed by atoms with Gasteiger partial charge in [-0.25, -0.2) is 9.37 Å². The lowest BCUT2D eigenvalue weighted by Crippen LogP contribution is -2.26. The minimum absolute atomic E-state index is 0.154. The van der Waals surface area contributed by atoms with Crippen molar-refractivity contribution in [1.82, 2.24) is 15.2 Å². The fourth-order valence-electron chi connectivity index (χ4n) is 3.22. The molecule has 0 spiro atoms. The Bertz CT molecular complexity index is 1130. The van der Waals surface area contributed by atoms with Gasteiger partial charge in [-0.15, -0.1) is 0 Å². The molecule has 180 valence electrons. The molecule has 0 aliphatic carbocycles. The number of aromatic nitrogens is 1. The lowest BCUT2D eigenvalue weighted by molar-refractivity contribution is -0.120. The maximum absolute atomic E-state index is 14.5. The minimum atomic E-state index is -0.453. The Kier molecular flexibility index (Phi) is 8.50. The van der Waals surface area contributed by atoms with Gasteiger partial charge in [-0.1, -0.05) is 18.2 Å². The number of nitrogens with two attached hydrogens (primary N) is 1. The highest BCUT2D eigenvalue weighted by molar-refractivity contribution is 6.30. The van der Waals surface area contributed by atoms with Crippen LogP contribution in [0, 0.1) is 5.82 Å². The predicted octanol–water partition coefficient (Wildman–Crippen LogP) is 3.70. The van der Waals surface area contributed by atoms with Crippen LogP contribution in [-0.2, 0) is 4.79 Å². The number of nitrogens with one attached hydrogen (secondary N) is 3. The first-order valence-electron chi connectivity index (χ1n) is 10.6. The summed E-state index contributed by atoms with van der Waals surface area (Å²) in [5.41, 5.74) is 7.69. The Morgan fingerprint density at radius 2 is 2.21 bits per heavy atom. The van der Waals surface area contributed by atoms with Gasteiger partial charge in [0.15, 0.2) is 11.6 Å². The van der Waals surface area contributed by atoms with Gasteiger partial charge >= 0.3 is 0 Å². The number of allylic oxidation sites excluding steroid dienone is 2. The van der Waals surface area contributed by atoms with E-state index in [1.165, 1.54) is 24.4 Å². The highest BCUT2D eigenvalue weighted by Crippen LogP contribution is 2.39. The summed E-state index contributed by atoms with van der Waals surface area (Å²) >= 11 is 6.08. The number of ether oxygens (including phenoxy) is 1. The Balaban J connectivity index is 1.92. The second-order valence-corrected chi connectivity index (χ2v) is 8.28. The molecule has 0 atom stereocenters. The molecular weight excluding hydrogens is 459 g/mol. The number of anilines is 2. The van der Waals surface area contributed by atoms with E-state index in [1.54, 1.807) is 18.2 Å². The van der Waals surface area contributed by atoms with Crippen molar-refractivity contribution >= 4 is 29.0 Å². The number of carbonyl (C=O) groups excluding carboxylic acids is 1. The predicted molar refractivity (Wildman–Crippen MR) is 134 cm³/mol. The Labute approximate surface area is 203 Å². The molecule has 1 aliphatic heterocycles. The van der Waals surface area contributed by atoms with Crippen LogP contribution < -0.4 is 26.4 Å². The van der Waals surface area contributed by atoms with Gasteiger partial charge in [0.05, 0.1) is 17.9 Å². The Morgan fingerprint density at radius 3 is 2.94 bits per heavy atom. The van der Waals surface area contributed by atoms with Crippen LogP contribution in [0.25, 0.3) is 11.3 Å². The zero-order chi connectivity index (χ0) is 24.7. The molecule has 1 aliphatic rings. The molecule has 10 heteroatoms. The van der Waals surface area contributed by atoms with Crippen molar-refractivity contribution in [2.24, 2.45) is 5.73 Å². The summed E-state index contributed by atoms with van der Waals surface area (Å²) in [7, 11) is 3.79. The van der Waals surface area contributed by atoms with Crippen LogP contribution in [0.3, 0.4) is 0 Å². The average Bonchev–Trinajstić information content (AvgIpc) is 2.79. The summed E-state index contributed by atoms with van der Waals surface area (Å²) in [5.74, 6) is 0.344. The average molecular weight is 487 g/mol. The molecule has 0 unspecified atom stereocenters. The van der Waals surface area contributed by atoms with E-state index >= 15 is 0 Å². The van der Waals surface area contributed by atoms with E-state index in [9.17, 15) is 9.18 Å². The summed E-state index contributed by atoms with van der Waals surface area (Å²) in [4.78, 5) is 18.6. The molecular formula is C24H28ClFN6O2. The fourth-order valence-corrected chi connectivity index (χ4v) is 3.39. The van der Waals surface area contributed by atoms with Crippen molar-refractivity contribution in [1.29, 1.82) is 0 Å². The first-order valence-corrected chi connectivity index (χ1v) is 11.0. The zero-order valence-electron chi connectivity index (χ0n) is 19.1. The van der Waals surface area contributed by atoms with Crippen molar-refractivity contribution in [3.8, 4) is 17.0 Å². The van der Waals surface area contributed by atoms with Gasteiger partial charge in [-0.2, -0.15) is 0 Å². The van der Waals surface area contributed by atoms with E-state index in [2.05, 4.69) is 27.5 Å². The third kappa shape index (κ3) is 6.72. The van der Waals surface area contributed by atoms with Crippen LogP contribution in [0.2, 0.25) is 5.02 Å². The Hall–Kier alpha value is -3.56. The number of rotatable bonds is 9. The van der Waals surface area contributed by atoms with Crippen molar-refractivity contribution in [3.05, 3.63) is 71.4 Å². The number of amides is 1. The molecule has 3 rings (SSSR count). The van der Waals surface area contributed by atoms with Gasteiger partial charge in [-0.3, -0.25) is 4.79 Å². The molecule has 0 saturated carbocycles. The number of pyridine rings is 1. The van der Waals surface area contributed by atoms with Crippen molar-refractivity contribution < 1.29 is 13.9 Å². The summed E-state index contributed by atoms with van der Waals surface area (Å²) in [6, 6.07) is 5.95. The van der Waals surface area contributed by atoms with Crippen LogP contribution in [0.15, 0.2) is 60.6 Å². The first kappa shape index (κ1) is 25.1. The summed E-state index contributed by atoms with van der Waals surface area (Å²) in [6.07, 6.45) is 4.94. The molecule has 1 aromatic heterocycles. The van der Waals surface area contributed by atoms with Gasteiger partial charge in [0.25, 0.3) is 0 Å². The number of benzene rings is 1. The molecule has 0 saturated heterocycles. The summed E-state index contributed by atoms with van der Waals surface area (Å²) < 4.78 is 20.4. The topological polar surface area (TPSA) is 105 Å². The zero-order valence-corrected chi connectivity index (χ0v) is 19.9. The molecule has 5 N–H and O–H groups in total. The maximum atomic E-state index is 14.5. The van der Waals surface area contributed by atoms with Crippen LogP contribution in [0.5, 0.6) is 5.75 Å². The van der Waals surface area contributed by atoms with Crippen molar-refractivity contribution in [2.75, 3.05) is 44.4 Å². The number of carbonyl (C=O) groups is 1. The van der Waals surface area contributed by atoms with Crippen LogP contribution in [0.4, 0.5) is 15.9 Å². The monoisotopic (exact) mass is 486 g/mol. The highest BCUT2D eigenvalue weighted by Gasteiger charge is 2.20. The molecule has 1 aromatic carbocycles. The molecule has 8 nitrogen and oxygen atoms in total. The molecule has 0 radical (unpaired) electrons. The molecule has 2 aromatic rings. The molecule has 34 heavy (non-hydrogen) atoms. The summed E-state index contributed by atoms with van der Waals surface area (Å²) in [5, 5.41) is 9.53. The lowest BCUT2D eigenvalue weighted by Gasteiger charge is -2.23. The third-order valence-corrected chi connectivity index (χ3v) is 5.02. The van der Waals surface area contributed by atoms with Gasteiger partial charge in [0.1, 0.15) is 12.4 Å². The van der Waals surface area contributed by atoms with Crippen LogP contribution >= 0.6 is 11.6 Å². The number of halogens is 2. The highest BCUT2D eigenvalue weighted by atomic mass is 35.5. The van der Waals surface area contributed by atoms with E-state index < -0.39 is 5.82 Å². The fraction of sp³-hybridized carbons (Fsp3) is 0.250. The van der Waals surface area contributed by atoms with Crippen LogP contribution in [-0.4, -0.2) is 49.6 Å². The van der Waals surface area contributed by atoms with Gasteiger partial charge in [0, 0.05) is 34.9 Å². The number of hydrogen-bond acceptors (Lipinski definition) is 7. The normalized spacial score (nSPS) is 13.3.